The maximum absolute atomic E-state index is 12.3. The number of nitrogens with zero attached hydrogens (tertiary/aromatic N) is 1. The van der Waals surface area contributed by atoms with Crippen LogP contribution in [-0.4, -0.2) is 29.8 Å². The van der Waals surface area contributed by atoms with Gasteiger partial charge >= 0.3 is 0 Å². The van der Waals surface area contributed by atoms with Gasteiger partial charge in [-0.25, -0.2) is 0 Å². The van der Waals surface area contributed by atoms with Gasteiger partial charge in [0.1, 0.15) is 0 Å². The van der Waals surface area contributed by atoms with Crippen molar-refractivity contribution in [3.63, 3.8) is 0 Å². The molecule has 2 unspecified atom stereocenters. The zero-order chi connectivity index (χ0) is 15.0. The van der Waals surface area contributed by atoms with Crippen LogP contribution in [0, 0.1) is 25.7 Å². The van der Waals surface area contributed by atoms with E-state index >= 15 is 0 Å². The van der Waals surface area contributed by atoms with Crippen LogP contribution >= 0.6 is 0 Å². The molecule has 1 aliphatic carbocycles. The van der Waals surface area contributed by atoms with Gasteiger partial charge < -0.3 is 10.2 Å². The molecule has 2 fully saturated rings. The smallest absolute Gasteiger partial charge is 0.228 e. The summed E-state index contributed by atoms with van der Waals surface area (Å²) in [6.45, 7) is 5.74. The van der Waals surface area contributed by atoms with Crippen molar-refractivity contribution in [1.29, 1.82) is 0 Å². The van der Waals surface area contributed by atoms with Crippen LogP contribution in [0.5, 0.6) is 0 Å². The van der Waals surface area contributed by atoms with E-state index in [1.165, 1.54) is 5.56 Å². The Bertz CT molecular complexity index is 576. The zero-order valence-electron chi connectivity index (χ0n) is 12.7. The van der Waals surface area contributed by atoms with E-state index in [2.05, 4.69) is 11.4 Å². The average molecular weight is 286 g/mol. The number of carbonyl (C=O) groups is 2. The van der Waals surface area contributed by atoms with E-state index in [9.17, 15) is 9.59 Å². The third-order valence-electron chi connectivity index (χ3n) is 4.50. The Balaban J connectivity index is 1.58. The van der Waals surface area contributed by atoms with E-state index in [-0.39, 0.29) is 23.7 Å². The molecular formula is C17H22N2O2. The van der Waals surface area contributed by atoms with Gasteiger partial charge in [-0.2, -0.15) is 0 Å². The standard InChI is InChI=1S/C17H22N2O2/c1-11-5-6-15(12(2)9-11)18-16(20)13-10-14(13)17(21)19-7-3-4-8-19/h5-6,9,13-14H,3-4,7-8,10H2,1-2H3,(H,18,20). The van der Waals surface area contributed by atoms with Crippen molar-refractivity contribution < 1.29 is 9.59 Å². The number of aryl methyl sites for hydroxylation is 2. The highest BCUT2D eigenvalue weighted by Crippen LogP contribution is 2.41. The first-order valence-corrected chi connectivity index (χ1v) is 7.73. The molecule has 0 bridgehead atoms. The van der Waals surface area contributed by atoms with Gasteiger partial charge in [-0.1, -0.05) is 17.7 Å². The van der Waals surface area contributed by atoms with Crippen molar-refractivity contribution in [2.24, 2.45) is 11.8 Å². The molecule has 0 spiro atoms. The topological polar surface area (TPSA) is 49.4 Å². The lowest BCUT2D eigenvalue weighted by Crippen LogP contribution is -2.30. The zero-order valence-corrected chi connectivity index (χ0v) is 12.7. The Morgan fingerprint density at radius 2 is 1.86 bits per heavy atom. The predicted octanol–water partition coefficient (Wildman–Crippen LogP) is 2.50. The molecule has 1 aromatic rings. The molecule has 1 heterocycles. The number of amides is 2. The van der Waals surface area contributed by atoms with Gasteiger partial charge in [0.2, 0.25) is 11.8 Å². The average Bonchev–Trinajstić information content (AvgIpc) is 3.06. The first-order valence-electron chi connectivity index (χ1n) is 7.73. The van der Waals surface area contributed by atoms with Crippen LogP contribution in [-0.2, 0) is 9.59 Å². The fourth-order valence-corrected chi connectivity index (χ4v) is 3.11. The number of anilines is 1. The van der Waals surface area contributed by atoms with Crippen molar-refractivity contribution in [2.45, 2.75) is 33.1 Å². The van der Waals surface area contributed by atoms with Crippen molar-refractivity contribution in [1.82, 2.24) is 4.90 Å². The number of likely N-dealkylation sites (tertiary alicyclic amines) is 1. The second-order valence-electron chi connectivity index (χ2n) is 6.29. The first-order chi connectivity index (χ1) is 10.1. The summed E-state index contributed by atoms with van der Waals surface area (Å²) in [4.78, 5) is 26.4. The maximum Gasteiger partial charge on any atom is 0.228 e. The van der Waals surface area contributed by atoms with Crippen LogP contribution in [0.4, 0.5) is 5.69 Å². The van der Waals surface area contributed by atoms with E-state index in [0.717, 1.165) is 37.2 Å². The third-order valence-corrected chi connectivity index (χ3v) is 4.50. The molecule has 4 nitrogen and oxygen atoms in total. The molecule has 112 valence electrons. The number of carbonyl (C=O) groups excluding carboxylic acids is 2. The Labute approximate surface area is 125 Å². The molecule has 1 N–H and O–H groups in total. The van der Waals surface area contributed by atoms with Gasteiger partial charge in [0.25, 0.3) is 0 Å². The summed E-state index contributed by atoms with van der Waals surface area (Å²) in [5.41, 5.74) is 3.09. The summed E-state index contributed by atoms with van der Waals surface area (Å²) < 4.78 is 0. The number of hydrogen-bond acceptors (Lipinski definition) is 2. The fourth-order valence-electron chi connectivity index (χ4n) is 3.11. The Hall–Kier alpha value is -1.84. The van der Waals surface area contributed by atoms with Crippen molar-refractivity contribution >= 4 is 17.5 Å². The second-order valence-corrected chi connectivity index (χ2v) is 6.29. The molecule has 1 saturated carbocycles. The lowest BCUT2D eigenvalue weighted by atomic mass is 10.1. The van der Waals surface area contributed by atoms with E-state index in [4.69, 9.17) is 0 Å². The highest BCUT2D eigenvalue weighted by atomic mass is 16.2. The van der Waals surface area contributed by atoms with Crippen molar-refractivity contribution in [2.75, 3.05) is 18.4 Å². The molecule has 3 rings (SSSR count). The highest BCUT2D eigenvalue weighted by molar-refractivity contribution is 6.00. The Morgan fingerprint density at radius 1 is 1.14 bits per heavy atom. The molecule has 2 atom stereocenters. The van der Waals surface area contributed by atoms with Crippen LogP contribution in [0.15, 0.2) is 18.2 Å². The molecule has 2 amide bonds. The fraction of sp³-hybridized carbons (Fsp3) is 0.529. The molecule has 4 heteroatoms. The van der Waals surface area contributed by atoms with Gasteiger partial charge in [-0.15, -0.1) is 0 Å². The number of rotatable bonds is 3. The number of hydrogen-bond donors (Lipinski definition) is 1. The molecule has 0 radical (unpaired) electrons. The first kappa shape index (κ1) is 14.1. The quantitative estimate of drug-likeness (QED) is 0.928. The number of benzene rings is 1. The minimum Gasteiger partial charge on any atom is -0.342 e. The predicted molar refractivity (Wildman–Crippen MR) is 82.0 cm³/mol. The van der Waals surface area contributed by atoms with Crippen molar-refractivity contribution in [3.8, 4) is 0 Å². The summed E-state index contributed by atoms with van der Waals surface area (Å²) in [7, 11) is 0. The summed E-state index contributed by atoms with van der Waals surface area (Å²) in [6, 6.07) is 5.97. The minimum absolute atomic E-state index is 0.0144. The van der Waals surface area contributed by atoms with E-state index in [1.807, 2.05) is 30.9 Å². The number of nitrogens with one attached hydrogen (secondary N) is 1. The molecule has 21 heavy (non-hydrogen) atoms. The molecule has 1 saturated heterocycles. The van der Waals surface area contributed by atoms with E-state index in [0.29, 0.717) is 6.42 Å². The monoisotopic (exact) mass is 286 g/mol. The molecule has 2 aliphatic rings. The summed E-state index contributed by atoms with van der Waals surface area (Å²) in [6.07, 6.45) is 2.89. The van der Waals surface area contributed by atoms with Gasteiger partial charge in [-0.3, -0.25) is 9.59 Å². The van der Waals surface area contributed by atoms with Crippen LogP contribution in [0.2, 0.25) is 0 Å². The second kappa shape index (κ2) is 5.51. The summed E-state index contributed by atoms with van der Waals surface area (Å²) in [5.74, 6) is -0.0690. The van der Waals surface area contributed by atoms with E-state index in [1.54, 1.807) is 0 Å². The van der Waals surface area contributed by atoms with E-state index < -0.39 is 0 Å². The van der Waals surface area contributed by atoms with Gasteiger partial charge in [0, 0.05) is 18.8 Å². The van der Waals surface area contributed by atoms with Gasteiger partial charge in [0.15, 0.2) is 0 Å². The summed E-state index contributed by atoms with van der Waals surface area (Å²) >= 11 is 0. The Kier molecular flexibility index (Phi) is 3.70. The molecule has 0 aromatic heterocycles. The van der Waals surface area contributed by atoms with Gasteiger partial charge in [0.05, 0.1) is 11.8 Å². The van der Waals surface area contributed by atoms with Gasteiger partial charge in [-0.05, 0) is 44.7 Å². The van der Waals surface area contributed by atoms with Crippen molar-refractivity contribution in [3.05, 3.63) is 29.3 Å². The molecular weight excluding hydrogens is 264 g/mol. The lowest BCUT2D eigenvalue weighted by Gasteiger charge is -2.15. The van der Waals surface area contributed by atoms with Crippen LogP contribution in [0.1, 0.15) is 30.4 Å². The summed E-state index contributed by atoms with van der Waals surface area (Å²) in [5, 5.41) is 2.97. The largest absolute Gasteiger partial charge is 0.342 e. The maximum atomic E-state index is 12.3. The van der Waals surface area contributed by atoms with Crippen LogP contribution in [0.25, 0.3) is 0 Å². The highest BCUT2D eigenvalue weighted by Gasteiger charge is 2.49. The van der Waals surface area contributed by atoms with Crippen LogP contribution in [0.3, 0.4) is 0 Å². The lowest BCUT2D eigenvalue weighted by molar-refractivity contribution is -0.133. The SMILES string of the molecule is Cc1ccc(NC(=O)C2CC2C(=O)N2CCCC2)c(C)c1. The minimum atomic E-state index is -0.140. The molecule has 1 aliphatic heterocycles. The Morgan fingerprint density at radius 3 is 2.52 bits per heavy atom. The third kappa shape index (κ3) is 2.94. The normalized spacial score (nSPS) is 24.0. The molecule has 1 aromatic carbocycles. The van der Waals surface area contributed by atoms with Crippen LogP contribution < -0.4 is 5.32 Å².